The molecule has 0 aliphatic carbocycles. The molecule has 0 atom stereocenters. The number of benzene rings is 1. The number of rotatable bonds is 6. The fourth-order valence-electron chi connectivity index (χ4n) is 2.44. The van der Waals surface area contributed by atoms with E-state index >= 15 is 0 Å². The third kappa shape index (κ3) is 4.51. The molecule has 2 rings (SSSR count). The highest BCUT2D eigenvalue weighted by atomic mass is 19.3. The molecule has 0 spiro atoms. The van der Waals surface area contributed by atoms with Crippen LogP contribution in [0.3, 0.4) is 0 Å². The largest absolute Gasteiger partial charge is 0.314 e. The molecule has 1 N–H and O–H groups in total. The Hall–Kier alpha value is -1.04. The summed E-state index contributed by atoms with van der Waals surface area (Å²) in [5.41, 5.74) is 0.0917. The minimum atomic E-state index is -2.79. The van der Waals surface area contributed by atoms with Crippen molar-refractivity contribution in [2.24, 2.45) is 0 Å². The molecule has 1 aliphatic rings. The Morgan fingerprint density at radius 3 is 2.50 bits per heavy atom. The van der Waals surface area contributed by atoms with Gasteiger partial charge in [-0.2, -0.15) is 8.78 Å². The Morgan fingerprint density at radius 2 is 1.85 bits per heavy atom. The van der Waals surface area contributed by atoms with Crippen molar-refractivity contribution in [2.75, 3.05) is 52.9 Å². The monoisotopic (exact) mass is 283 g/mol. The highest BCUT2D eigenvalue weighted by molar-refractivity contribution is 5.20. The maximum atomic E-state index is 14.1. The summed E-state index contributed by atoms with van der Waals surface area (Å²) in [5, 5.41) is 3.29. The number of nitrogens with one attached hydrogen (secondary N) is 1. The first-order valence-electron chi connectivity index (χ1n) is 7.13. The molecule has 1 aromatic carbocycles. The first-order valence-corrected chi connectivity index (χ1v) is 7.13. The standard InChI is InChI=1S/C15H23F2N3/c1-19(11-12-20-9-7-18-8-10-20)13-15(16,17)14-5-3-2-4-6-14/h2-6,18H,7-13H2,1H3. The number of piperazine rings is 1. The van der Waals surface area contributed by atoms with Gasteiger partial charge in [0.1, 0.15) is 0 Å². The van der Waals surface area contributed by atoms with Crippen molar-refractivity contribution in [1.82, 2.24) is 15.1 Å². The van der Waals surface area contributed by atoms with Crippen LogP contribution >= 0.6 is 0 Å². The van der Waals surface area contributed by atoms with Crippen LogP contribution in [0.25, 0.3) is 0 Å². The Morgan fingerprint density at radius 1 is 1.20 bits per heavy atom. The summed E-state index contributed by atoms with van der Waals surface area (Å²) in [5.74, 6) is -2.79. The molecule has 5 heteroatoms. The normalized spacial score (nSPS) is 17.6. The van der Waals surface area contributed by atoms with Gasteiger partial charge in [-0.25, -0.2) is 0 Å². The lowest BCUT2D eigenvalue weighted by Crippen LogP contribution is -2.46. The van der Waals surface area contributed by atoms with E-state index in [2.05, 4.69) is 10.2 Å². The smallest absolute Gasteiger partial charge is 0.285 e. The lowest BCUT2D eigenvalue weighted by atomic mass is 10.1. The van der Waals surface area contributed by atoms with E-state index in [0.29, 0.717) is 6.54 Å². The molecule has 1 saturated heterocycles. The quantitative estimate of drug-likeness (QED) is 0.856. The van der Waals surface area contributed by atoms with Gasteiger partial charge in [-0.15, -0.1) is 0 Å². The van der Waals surface area contributed by atoms with E-state index in [1.54, 1.807) is 30.1 Å². The summed E-state index contributed by atoms with van der Waals surface area (Å²) in [4.78, 5) is 4.03. The van der Waals surface area contributed by atoms with Crippen LogP contribution in [-0.4, -0.2) is 62.7 Å². The molecule has 0 bridgehead atoms. The number of nitrogens with zero attached hydrogens (tertiary/aromatic N) is 2. The second-order valence-corrected chi connectivity index (χ2v) is 5.40. The lowest BCUT2D eigenvalue weighted by molar-refractivity contribution is -0.0335. The van der Waals surface area contributed by atoms with E-state index in [1.807, 2.05) is 0 Å². The fraction of sp³-hybridized carbons (Fsp3) is 0.600. The van der Waals surface area contributed by atoms with Gasteiger partial charge in [-0.1, -0.05) is 30.3 Å². The first kappa shape index (κ1) is 15.4. The van der Waals surface area contributed by atoms with Crippen molar-refractivity contribution in [3.05, 3.63) is 35.9 Å². The Bertz CT molecular complexity index is 391. The molecule has 0 saturated carbocycles. The van der Waals surface area contributed by atoms with E-state index in [1.165, 1.54) is 12.1 Å². The van der Waals surface area contributed by atoms with Crippen molar-refractivity contribution in [3.8, 4) is 0 Å². The van der Waals surface area contributed by atoms with E-state index in [4.69, 9.17) is 0 Å². The van der Waals surface area contributed by atoms with Gasteiger partial charge in [0.2, 0.25) is 0 Å². The molecule has 112 valence electrons. The van der Waals surface area contributed by atoms with Gasteiger partial charge in [0.15, 0.2) is 0 Å². The Balaban J connectivity index is 1.79. The van der Waals surface area contributed by atoms with Crippen LogP contribution in [0.15, 0.2) is 30.3 Å². The Kier molecular flexibility index (Phi) is 5.46. The van der Waals surface area contributed by atoms with Gasteiger partial charge >= 0.3 is 0 Å². The topological polar surface area (TPSA) is 18.5 Å². The summed E-state index contributed by atoms with van der Waals surface area (Å²) < 4.78 is 28.2. The predicted octanol–water partition coefficient (Wildman–Crippen LogP) is 1.62. The van der Waals surface area contributed by atoms with Gasteiger partial charge in [0.25, 0.3) is 5.92 Å². The maximum absolute atomic E-state index is 14.1. The molecule has 20 heavy (non-hydrogen) atoms. The van der Waals surface area contributed by atoms with Gasteiger partial charge < -0.3 is 5.32 Å². The predicted molar refractivity (Wildman–Crippen MR) is 77.1 cm³/mol. The zero-order valence-corrected chi connectivity index (χ0v) is 12.0. The highest BCUT2D eigenvalue weighted by Gasteiger charge is 2.32. The number of alkyl halides is 2. The van der Waals surface area contributed by atoms with Gasteiger partial charge in [0, 0.05) is 44.8 Å². The summed E-state index contributed by atoms with van der Waals surface area (Å²) in [6.45, 7) is 5.27. The third-order valence-electron chi connectivity index (χ3n) is 3.67. The molecule has 0 radical (unpaired) electrons. The van der Waals surface area contributed by atoms with E-state index < -0.39 is 5.92 Å². The van der Waals surface area contributed by atoms with Gasteiger partial charge in [0.05, 0.1) is 6.54 Å². The van der Waals surface area contributed by atoms with Crippen LogP contribution in [0.2, 0.25) is 0 Å². The minimum Gasteiger partial charge on any atom is -0.314 e. The van der Waals surface area contributed by atoms with Crippen LogP contribution in [0.1, 0.15) is 5.56 Å². The third-order valence-corrected chi connectivity index (χ3v) is 3.67. The summed E-state index contributed by atoms with van der Waals surface area (Å²) in [7, 11) is 1.76. The zero-order chi connectivity index (χ0) is 14.4. The molecular weight excluding hydrogens is 260 g/mol. The SMILES string of the molecule is CN(CCN1CCNCC1)CC(F)(F)c1ccccc1. The van der Waals surface area contributed by atoms with Crippen LogP contribution in [0, 0.1) is 0 Å². The maximum Gasteiger partial charge on any atom is 0.285 e. The average molecular weight is 283 g/mol. The molecule has 1 heterocycles. The van der Waals surface area contributed by atoms with Crippen molar-refractivity contribution in [3.63, 3.8) is 0 Å². The van der Waals surface area contributed by atoms with E-state index in [9.17, 15) is 8.78 Å². The van der Waals surface area contributed by atoms with Crippen LogP contribution in [0.4, 0.5) is 8.78 Å². The zero-order valence-electron chi connectivity index (χ0n) is 12.0. The number of halogens is 2. The first-order chi connectivity index (χ1) is 9.58. The number of hydrogen-bond acceptors (Lipinski definition) is 3. The molecule has 0 aromatic heterocycles. The van der Waals surface area contributed by atoms with Crippen molar-refractivity contribution in [1.29, 1.82) is 0 Å². The summed E-state index contributed by atoms with van der Waals surface area (Å²) in [6.07, 6.45) is 0. The molecule has 1 fully saturated rings. The second kappa shape index (κ2) is 7.11. The van der Waals surface area contributed by atoms with Crippen molar-refractivity contribution >= 4 is 0 Å². The fourth-order valence-corrected chi connectivity index (χ4v) is 2.44. The van der Waals surface area contributed by atoms with Crippen LogP contribution in [-0.2, 0) is 5.92 Å². The average Bonchev–Trinajstić information content (AvgIpc) is 2.47. The number of hydrogen-bond donors (Lipinski definition) is 1. The molecule has 3 nitrogen and oxygen atoms in total. The summed E-state index contributed by atoms with van der Waals surface area (Å²) >= 11 is 0. The minimum absolute atomic E-state index is 0.0917. The van der Waals surface area contributed by atoms with Gasteiger partial charge in [-0.05, 0) is 7.05 Å². The van der Waals surface area contributed by atoms with Crippen molar-refractivity contribution in [2.45, 2.75) is 5.92 Å². The molecule has 0 amide bonds. The Labute approximate surface area is 119 Å². The van der Waals surface area contributed by atoms with Crippen LogP contribution in [0.5, 0.6) is 0 Å². The highest BCUT2D eigenvalue weighted by Crippen LogP contribution is 2.28. The van der Waals surface area contributed by atoms with Crippen molar-refractivity contribution < 1.29 is 8.78 Å². The summed E-state index contributed by atoms with van der Waals surface area (Å²) in [6, 6.07) is 8.05. The molecule has 0 unspecified atom stereocenters. The second-order valence-electron chi connectivity index (χ2n) is 5.40. The molecular formula is C15H23F2N3. The van der Waals surface area contributed by atoms with Gasteiger partial charge in [-0.3, -0.25) is 9.80 Å². The lowest BCUT2D eigenvalue weighted by Gasteiger charge is -2.30. The number of likely N-dealkylation sites (N-methyl/N-ethyl adjacent to an activating group) is 1. The van der Waals surface area contributed by atoms with E-state index in [0.717, 1.165) is 32.7 Å². The molecule has 1 aromatic rings. The van der Waals surface area contributed by atoms with E-state index in [-0.39, 0.29) is 12.1 Å². The van der Waals surface area contributed by atoms with Crippen LogP contribution < -0.4 is 5.32 Å². The molecule has 1 aliphatic heterocycles.